The van der Waals surface area contributed by atoms with Crippen LogP contribution in [0, 0.1) is 28.6 Å². The van der Waals surface area contributed by atoms with Crippen molar-refractivity contribution in [2.75, 3.05) is 6.61 Å². The van der Waals surface area contributed by atoms with E-state index in [1.54, 1.807) is 0 Å². The minimum absolute atomic E-state index is 0.0109. The van der Waals surface area contributed by atoms with E-state index in [9.17, 15) is 4.79 Å². The summed E-state index contributed by atoms with van der Waals surface area (Å²) in [6, 6.07) is 0. The Balaban J connectivity index is 2.59. The summed E-state index contributed by atoms with van der Waals surface area (Å²) in [4.78, 5) is 12.5. The molecule has 0 heterocycles. The minimum Gasteiger partial charge on any atom is -0.465 e. The van der Waals surface area contributed by atoms with E-state index in [1.807, 2.05) is 0 Å². The summed E-state index contributed by atoms with van der Waals surface area (Å²) < 4.78 is 5.71. The first-order valence-electron chi connectivity index (χ1n) is 8.18. The second kappa shape index (κ2) is 6.49. The summed E-state index contributed by atoms with van der Waals surface area (Å²) in [6.45, 7) is 15.7. The first kappa shape index (κ1) is 17.5. The maximum absolute atomic E-state index is 12.5. The SMILES string of the molecule is CC1CCCC(COC(=O)C(C(C)(C)C)C(C)(C)C)C1. The molecule has 2 nitrogen and oxygen atoms in total. The minimum atomic E-state index is -0.0603. The second-order valence-electron chi connectivity index (χ2n) is 8.93. The molecule has 0 aliphatic heterocycles. The normalized spacial score (nSPS) is 24.8. The molecule has 0 spiro atoms. The lowest BCUT2D eigenvalue weighted by atomic mass is 9.66. The summed E-state index contributed by atoms with van der Waals surface area (Å²) >= 11 is 0. The monoisotopic (exact) mass is 282 g/mol. The molecule has 1 fully saturated rings. The zero-order valence-corrected chi connectivity index (χ0v) is 14.6. The van der Waals surface area contributed by atoms with Crippen molar-refractivity contribution in [3.63, 3.8) is 0 Å². The standard InChI is InChI=1S/C18H34O2/c1-13-9-8-10-14(11-13)12-20-16(19)15(17(2,3)4)18(5,6)7/h13-15H,8-12H2,1-7H3. The average molecular weight is 282 g/mol. The smallest absolute Gasteiger partial charge is 0.310 e. The van der Waals surface area contributed by atoms with Crippen LogP contribution in [0.15, 0.2) is 0 Å². The Hall–Kier alpha value is -0.530. The van der Waals surface area contributed by atoms with Gasteiger partial charge in [0.2, 0.25) is 0 Å². The summed E-state index contributed by atoms with van der Waals surface area (Å²) in [7, 11) is 0. The van der Waals surface area contributed by atoms with Gasteiger partial charge in [-0.15, -0.1) is 0 Å². The summed E-state index contributed by atoms with van der Waals surface area (Å²) in [5, 5.41) is 0. The van der Waals surface area contributed by atoms with Gasteiger partial charge in [-0.05, 0) is 35.5 Å². The molecule has 0 bridgehead atoms. The average Bonchev–Trinajstić information content (AvgIpc) is 2.22. The number of rotatable bonds is 3. The highest BCUT2D eigenvalue weighted by Crippen LogP contribution is 2.41. The highest BCUT2D eigenvalue weighted by molar-refractivity contribution is 5.74. The van der Waals surface area contributed by atoms with Crippen LogP contribution < -0.4 is 0 Å². The van der Waals surface area contributed by atoms with Crippen molar-refractivity contribution in [3.8, 4) is 0 Å². The van der Waals surface area contributed by atoms with Crippen LogP contribution >= 0.6 is 0 Å². The van der Waals surface area contributed by atoms with Crippen molar-refractivity contribution in [2.24, 2.45) is 28.6 Å². The fourth-order valence-corrected chi connectivity index (χ4v) is 4.00. The number of esters is 1. The van der Waals surface area contributed by atoms with Crippen LogP contribution in [0.2, 0.25) is 0 Å². The molecular formula is C18H34O2. The van der Waals surface area contributed by atoms with Crippen molar-refractivity contribution in [1.82, 2.24) is 0 Å². The van der Waals surface area contributed by atoms with Crippen LogP contribution in [0.25, 0.3) is 0 Å². The molecule has 0 saturated heterocycles. The molecule has 0 aromatic heterocycles. The molecule has 0 N–H and O–H groups in total. The number of hydrogen-bond acceptors (Lipinski definition) is 2. The Bertz CT molecular complexity index is 305. The lowest BCUT2D eigenvalue weighted by molar-refractivity contribution is -0.159. The van der Waals surface area contributed by atoms with Gasteiger partial charge < -0.3 is 4.74 Å². The van der Waals surface area contributed by atoms with Gasteiger partial charge in [0.15, 0.2) is 0 Å². The van der Waals surface area contributed by atoms with E-state index in [-0.39, 0.29) is 22.7 Å². The summed E-state index contributed by atoms with van der Waals surface area (Å²) in [5.41, 5.74) is -0.121. The fourth-order valence-electron chi connectivity index (χ4n) is 4.00. The van der Waals surface area contributed by atoms with Gasteiger partial charge in [-0.25, -0.2) is 0 Å². The zero-order valence-electron chi connectivity index (χ0n) is 14.6. The van der Waals surface area contributed by atoms with Gasteiger partial charge in [0.25, 0.3) is 0 Å². The van der Waals surface area contributed by atoms with Gasteiger partial charge in [0, 0.05) is 0 Å². The Kier molecular flexibility index (Phi) is 5.69. The van der Waals surface area contributed by atoms with Crippen LogP contribution in [-0.4, -0.2) is 12.6 Å². The Labute approximate surface area is 125 Å². The van der Waals surface area contributed by atoms with E-state index in [1.165, 1.54) is 25.7 Å². The van der Waals surface area contributed by atoms with Crippen molar-refractivity contribution in [1.29, 1.82) is 0 Å². The molecule has 2 unspecified atom stereocenters. The maximum atomic E-state index is 12.5. The van der Waals surface area contributed by atoms with Crippen LogP contribution in [0.1, 0.15) is 74.1 Å². The molecule has 1 aliphatic carbocycles. The van der Waals surface area contributed by atoms with E-state index in [2.05, 4.69) is 48.5 Å². The molecule has 1 rings (SSSR count). The quantitative estimate of drug-likeness (QED) is 0.676. The fraction of sp³-hybridized carbons (Fsp3) is 0.944. The van der Waals surface area contributed by atoms with Crippen LogP contribution in [0.5, 0.6) is 0 Å². The highest BCUT2D eigenvalue weighted by Gasteiger charge is 2.41. The lowest BCUT2D eigenvalue weighted by Gasteiger charge is -2.39. The number of ether oxygens (including phenoxy) is 1. The molecule has 0 aromatic rings. The molecule has 118 valence electrons. The Morgan fingerprint density at radius 1 is 1.10 bits per heavy atom. The molecule has 2 atom stereocenters. The van der Waals surface area contributed by atoms with Gasteiger partial charge in [0.1, 0.15) is 0 Å². The predicted molar refractivity (Wildman–Crippen MR) is 84.5 cm³/mol. The summed E-state index contributed by atoms with van der Waals surface area (Å²) in [5.74, 6) is 1.29. The third kappa shape index (κ3) is 5.10. The largest absolute Gasteiger partial charge is 0.465 e. The van der Waals surface area contributed by atoms with Crippen LogP contribution in [0.3, 0.4) is 0 Å². The van der Waals surface area contributed by atoms with E-state index >= 15 is 0 Å². The third-order valence-corrected chi connectivity index (χ3v) is 4.47. The molecule has 20 heavy (non-hydrogen) atoms. The molecule has 2 heteroatoms. The van der Waals surface area contributed by atoms with Crippen molar-refractivity contribution in [2.45, 2.75) is 74.1 Å². The lowest BCUT2D eigenvalue weighted by Crippen LogP contribution is -2.40. The van der Waals surface area contributed by atoms with Gasteiger partial charge in [0.05, 0.1) is 12.5 Å². The molecule has 1 saturated carbocycles. The summed E-state index contributed by atoms with van der Waals surface area (Å²) in [6.07, 6.45) is 5.04. The molecular weight excluding hydrogens is 248 g/mol. The van der Waals surface area contributed by atoms with E-state index in [4.69, 9.17) is 4.74 Å². The van der Waals surface area contributed by atoms with E-state index < -0.39 is 0 Å². The molecule has 0 amide bonds. The van der Waals surface area contributed by atoms with Crippen molar-refractivity contribution >= 4 is 5.97 Å². The van der Waals surface area contributed by atoms with Gasteiger partial charge in [-0.3, -0.25) is 4.79 Å². The van der Waals surface area contributed by atoms with Gasteiger partial charge >= 0.3 is 5.97 Å². The first-order chi connectivity index (χ1) is 9.01. The van der Waals surface area contributed by atoms with Crippen molar-refractivity contribution in [3.05, 3.63) is 0 Å². The van der Waals surface area contributed by atoms with Crippen molar-refractivity contribution < 1.29 is 9.53 Å². The van der Waals surface area contributed by atoms with Gasteiger partial charge in [-0.1, -0.05) is 61.3 Å². The van der Waals surface area contributed by atoms with Gasteiger partial charge in [-0.2, -0.15) is 0 Å². The Morgan fingerprint density at radius 2 is 1.65 bits per heavy atom. The van der Waals surface area contributed by atoms with E-state index in [0.29, 0.717) is 12.5 Å². The number of carbonyl (C=O) groups is 1. The van der Waals surface area contributed by atoms with Crippen LogP contribution in [-0.2, 0) is 9.53 Å². The topological polar surface area (TPSA) is 26.3 Å². The molecule has 0 radical (unpaired) electrons. The molecule has 1 aliphatic rings. The van der Waals surface area contributed by atoms with Crippen LogP contribution in [0.4, 0.5) is 0 Å². The number of hydrogen-bond donors (Lipinski definition) is 0. The highest BCUT2D eigenvalue weighted by atomic mass is 16.5. The maximum Gasteiger partial charge on any atom is 0.310 e. The van der Waals surface area contributed by atoms with E-state index in [0.717, 1.165) is 5.92 Å². The second-order valence-corrected chi connectivity index (χ2v) is 8.93. The first-order valence-corrected chi connectivity index (χ1v) is 8.18. The Morgan fingerprint density at radius 3 is 2.10 bits per heavy atom. The predicted octanol–water partition coefficient (Wildman–Crippen LogP) is 5.06. The third-order valence-electron chi connectivity index (χ3n) is 4.47. The molecule has 0 aromatic carbocycles. The zero-order chi connectivity index (χ0) is 15.6. The number of carbonyl (C=O) groups excluding carboxylic acids is 1.